The molecule has 0 aliphatic carbocycles. The summed E-state index contributed by atoms with van der Waals surface area (Å²) in [6, 6.07) is 5.97. The number of hydrogen-bond donors (Lipinski definition) is 1. The van der Waals surface area contributed by atoms with Gasteiger partial charge in [0.15, 0.2) is 0 Å². The molecule has 0 aliphatic rings. The second-order valence-electron chi connectivity index (χ2n) is 3.32. The molecule has 1 rings (SSSR count). The van der Waals surface area contributed by atoms with E-state index >= 15 is 0 Å². The Morgan fingerprint density at radius 3 is 2.53 bits per heavy atom. The fraction of sp³-hybridized carbons (Fsp3) is 0.400. The quantitative estimate of drug-likeness (QED) is 0.853. The average molecular weight is 238 g/mol. The van der Waals surface area contributed by atoms with E-state index in [1.165, 1.54) is 0 Å². The lowest BCUT2D eigenvalue weighted by molar-refractivity contribution is -0.136. The van der Waals surface area contributed by atoms with Crippen LogP contribution in [0.4, 0.5) is 13.2 Å². The predicted octanol–water partition coefficient (Wildman–Crippen LogP) is 3.68. The Morgan fingerprint density at radius 2 is 2.00 bits per heavy atom. The summed E-state index contributed by atoms with van der Waals surface area (Å²) in [5.41, 5.74) is 6.24. The van der Waals surface area contributed by atoms with E-state index in [1.54, 1.807) is 24.3 Å². The molecule has 0 saturated carbocycles. The highest BCUT2D eigenvalue weighted by atomic mass is 35.5. The van der Waals surface area contributed by atoms with Crippen LogP contribution in [-0.2, 0) is 0 Å². The molecule has 5 heteroatoms. The fourth-order valence-electron chi connectivity index (χ4n) is 1.22. The molecule has 1 unspecified atom stereocenters. The molecule has 84 valence electrons. The van der Waals surface area contributed by atoms with Crippen molar-refractivity contribution in [2.45, 2.75) is 25.1 Å². The van der Waals surface area contributed by atoms with Gasteiger partial charge in [0.25, 0.3) is 0 Å². The third-order valence-corrected chi connectivity index (χ3v) is 2.25. The summed E-state index contributed by atoms with van der Waals surface area (Å²) in [6.07, 6.45) is -5.15. The summed E-state index contributed by atoms with van der Waals surface area (Å²) in [7, 11) is 0. The Morgan fingerprint density at radius 1 is 1.33 bits per heavy atom. The first kappa shape index (κ1) is 12.3. The van der Waals surface area contributed by atoms with Gasteiger partial charge in [-0.15, -0.1) is 0 Å². The van der Waals surface area contributed by atoms with Gasteiger partial charge in [0.1, 0.15) is 0 Å². The van der Waals surface area contributed by atoms with Gasteiger partial charge in [-0.05, 0) is 24.1 Å². The number of alkyl halides is 3. The smallest absolute Gasteiger partial charge is 0.324 e. The molecule has 0 heterocycles. The van der Waals surface area contributed by atoms with E-state index in [-0.39, 0.29) is 6.42 Å². The molecular formula is C10H11ClF3N. The standard InChI is InChI=1S/C10H11ClF3N/c11-8-3-1-2-7(6-8)9(15)4-5-10(12,13)14/h1-3,6,9H,4-5,15H2. The number of benzene rings is 1. The van der Waals surface area contributed by atoms with Crippen molar-refractivity contribution in [2.24, 2.45) is 5.73 Å². The first-order chi connectivity index (χ1) is 6.88. The summed E-state index contributed by atoms with van der Waals surface area (Å²) in [6.45, 7) is 0. The van der Waals surface area contributed by atoms with Crippen LogP contribution >= 0.6 is 11.6 Å². The van der Waals surface area contributed by atoms with Crippen molar-refractivity contribution in [1.29, 1.82) is 0 Å². The minimum Gasteiger partial charge on any atom is -0.324 e. The molecular weight excluding hydrogens is 227 g/mol. The van der Waals surface area contributed by atoms with E-state index < -0.39 is 18.6 Å². The maximum atomic E-state index is 11.9. The molecule has 1 nitrogen and oxygen atoms in total. The van der Waals surface area contributed by atoms with Gasteiger partial charge in [-0.2, -0.15) is 13.2 Å². The van der Waals surface area contributed by atoms with E-state index in [4.69, 9.17) is 17.3 Å². The van der Waals surface area contributed by atoms with Crippen LogP contribution in [0.3, 0.4) is 0 Å². The zero-order chi connectivity index (χ0) is 11.5. The molecule has 0 amide bonds. The molecule has 1 aromatic rings. The van der Waals surface area contributed by atoms with Gasteiger partial charge in [0.05, 0.1) is 0 Å². The Balaban J connectivity index is 2.58. The predicted molar refractivity (Wildman–Crippen MR) is 53.7 cm³/mol. The van der Waals surface area contributed by atoms with Crippen LogP contribution in [0, 0.1) is 0 Å². The van der Waals surface area contributed by atoms with E-state index in [2.05, 4.69) is 0 Å². The van der Waals surface area contributed by atoms with Crippen molar-refractivity contribution >= 4 is 11.6 Å². The van der Waals surface area contributed by atoms with Crippen molar-refractivity contribution in [3.8, 4) is 0 Å². The molecule has 0 aliphatic heterocycles. The molecule has 0 aromatic heterocycles. The Labute approximate surface area is 91.0 Å². The number of hydrogen-bond acceptors (Lipinski definition) is 1. The second-order valence-corrected chi connectivity index (χ2v) is 3.75. The van der Waals surface area contributed by atoms with Crippen molar-refractivity contribution in [3.05, 3.63) is 34.9 Å². The van der Waals surface area contributed by atoms with Crippen LogP contribution in [0.15, 0.2) is 24.3 Å². The molecule has 0 radical (unpaired) electrons. The van der Waals surface area contributed by atoms with Crippen LogP contribution in [-0.4, -0.2) is 6.18 Å². The minimum atomic E-state index is -4.16. The van der Waals surface area contributed by atoms with E-state index in [0.717, 1.165) is 0 Å². The van der Waals surface area contributed by atoms with Gasteiger partial charge >= 0.3 is 6.18 Å². The van der Waals surface area contributed by atoms with Crippen LogP contribution in [0.2, 0.25) is 5.02 Å². The summed E-state index contributed by atoms with van der Waals surface area (Å²) in [4.78, 5) is 0. The molecule has 15 heavy (non-hydrogen) atoms. The maximum absolute atomic E-state index is 11.9. The van der Waals surface area contributed by atoms with Crippen LogP contribution in [0.5, 0.6) is 0 Å². The number of halogens is 4. The van der Waals surface area contributed by atoms with Crippen molar-refractivity contribution in [1.82, 2.24) is 0 Å². The number of rotatable bonds is 3. The van der Waals surface area contributed by atoms with Gasteiger partial charge in [-0.1, -0.05) is 23.7 Å². The highest BCUT2D eigenvalue weighted by molar-refractivity contribution is 6.30. The first-order valence-corrected chi connectivity index (χ1v) is 4.84. The average Bonchev–Trinajstić information content (AvgIpc) is 2.13. The first-order valence-electron chi connectivity index (χ1n) is 4.46. The molecule has 2 N–H and O–H groups in total. The second kappa shape index (κ2) is 4.86. The molecule has 1 atom stereocenters. The van der Waals surface area contributed by atoms with Crippen molar-refractivity contribution in [3.63, 3.8) is 0 Å². The van der Waals surface area contributed by atoms with E-state index in [9.17, 15) is 13.2 Å². The Bertz CT molecular complexity index is 325. The van der Waals surface area contributed by atoms with Gasteiger partial charge in [0.2, 0.25) is 0 Å². The zero-order valence-corrected chi connectivity index (χ0v) is 8.65. The van der Waals surface area contributed by atoms with E-state index in [1.807, 2.05) is 0 Å². The lowest BCUT2D eigenvalue weighted by atomic mass is 10.0. The monoisotopic (exact) mass is 237 g/mol. The molecule has 1 aromatic carbocycles. The fourth-order valence-corrected chi connectivity index (χ4v) is 1.42. The van der Waals surface area contributed by atoms with Crippen LogP contribution < -0.4 is 5.73 Å². The lowest BCUT2D eigenvalue weighted by Crippen LogP contribution is -2.15. The molecule has 0 bridgehead atoms. The highest BCUT2D eigenvalue weighted by Crippen LogP contribution is 2.27. The van der Waals surface area contributed by atoms with Gasteiger partial charge in [-0.3, -0.25) is 0 Å². The maximum Gasteiger partial charge on any atom is 0.389 e. The van der Waals surface area contributed by atoms with Crippen LogP contribution in [0.25, 0.3) is 0 Å². The molecule has 0 fully saturated rings. The molecule has 0 spiro atoms. The largest absolute Gasteiger partial charge is 0.389 e. The summed E-state index contributed by atoms with van der Waals surface area (Å²) < 4.78 is 35.8. The number of nitrogens with two attached hydrogens (primary N) is 1. The van der Waals surface area contributed by atoms with Crippen molar-refractivity contribution < 1.29 is 13.2 Å². The topological polar surface area (TPSA) is 26.0 Å². The third kappa shape index (κ3) is 4.53. The molecule has 0 saturated heterocycles. The normalized spacial score (nSPS) is 13.9. The van der Waals surface area contributed by atoms with Gasteiger partial charge < -0.3 is 5.73 Å². The summed E-state index contributed by atoms with van der Waals surface area (Å²) in [5.74, 6) is 0. The SMILES string of the molecule is NC(CCC(F)(F)F)c1cccc(Cl)c1. The lowest BCUT2D eigenvalue weighted by Gasteiger charge is -2.13. The Hall–Kier alpha value is -0.740. The van der Waals surface area contributed by atoms with E-state index in [0.29, 0.717) is 10.6 Å². The summed E-state index contributed by atoms with van der Waals surface area (Å²) in [5, 5.41) is 0.481. The van der Waals surface area contributed by atoms with Gasteiger partial charge in [-0.25, -0.2) is 0 Å². The van der Waals surface area contributed by atoms with Crippen LogP contribution in [0.1, 0.15) is 24.4 Å². The minimum absolute atomic E-state index is 0.121. The highest BCUT2D eigenvalue weighted by Gasteiger charge is 2.27. The summed E-state index contributed by atoms with van der Waals surface area (Å²) >= 11 is 5.70. The van der Waals surface area contributed by atoms with Gasteiger partial charge in [0, 0.05) is 17.5 Å². The van der Waals surface area contributed by atoms with Crippen molar-refractivity contribution in [2.75, 3.05) is 0 Å². The zero-order valence-electron chi connectivity index (χ0n) is 7.89. The Kier molecular flexibility index (Phi) is 3.99. The third-order valence-electron chi connectivity index (χ3n) is 2.02.